The fourth-order valence-electron chi connectivity index (χ4n) is 1.98. The lowest BCUT2D eigenvalue weighted by Gasteiger charge is -2.22. The second kappa shape index (κ2) is 7.47. The first-order chi connectivity index (χ1) is 9.83. The molecular weight excluding hydrogens is 254 g/mol. The summed E-state index contributed by atoms with van der Waals surface area (Å²) in [6, 6.07) is 3.77. The van der Waals surface area contributed by atoms with Gasteiger partial charge in [0.15, 0.2) is 5.82 Å². The molecule has 6 heteroatoms. The maximum Gasteiger partial charge on any atom is 0.245 e. The Hall–Kier alpha value is -2.11. The first kappa shape index (κ1) is 14.3. The molecule has 2 heterocycles. The lowest BCUT2D eigenvalue weighted by molar-refractivity contribution is 0.517. The van der Waals surface area contributed by atoms with E-state index in [0.29, 0.717) is 12.5 Å². The summed E-state index contributed by atoms with van der Waals surface area (Å²) in [7, 11) is 0. The molecule has 0 aromatic carbocycles. The summed E-state index contributed by atoms with van der Waals surface area (Å²) in [6.07, 6.45) is 5.53. The van der Waals surface area contributed by atoms with Crippen LogP contribution in [0.4, 0.5) is 11.8 Å². The number of nitrogens with zero attached hydrogens (tertiary/aromatic N) is 4. The molecule has 0 aliphatic heterocycles. The van der Waals surface area contributed by atoms with Gasteiger partial charge in [0.2, 0.25) is 5.95 Å². The first-order valence-corrected chi connectivity index (χ1v) is 7.04. The summed E-state index contributed by atoms with van der Waals surface area (Å²) >= 11 is 0. The van der Waals surface area contributed by atoms with Crippen LogP contribution in [0.2, 0.25) is 0 Å². The van der Waals surface area contributed by atoms with E-state index in [1.54, 1.807) is 12.5 Å². The van der Waals surface area contributed by atoms with Gasteiger partial charge in [-0.05, 0) is 25.0 Å². The van der Waals surface area contributed by atoms with Gasteiger partial charge in [-0.25, -0.2) is 0 Å². The average Bonchev–Trinajstić information content (AvgIpc) is 2.98. The predicted octanol–water partition coefficient (Wildman–Crippen LogP) is 2.70. The zero-order valence-electron chi connectivity index (χ0n) is 12.0. The van der Waals surface area contributed by atoms with Crippen LogP contribution < -0.4 is 10.2 Å². The number of rotatable bonds is 8. The van der Waals surface area contributed by atoms with E-state index < -0.39 is 0 Å². The minimum absolute atomic E-state index is 0.524. The average molecular weight is 275 g/mol. The van der Waals surface area contributed by atoms with Crippen molar-refractivity contribution < 1.29 is 4.42 Å². The van der Waals surface area contributed by atoms with Gasteiger partial charge in [0, 0.05) is 13.1 Å². The lowest BCUT2D eigenvalue weighted by atomic mass is 10.3. The van der Waals surface area contributed by atoms with Crippen molar-refractivity contribution >= 4 is 11.8 Å². The van der Waals surface area contributed by atoms with E-state index in [0.717, 1.165) is 37.5 Å². The maximum absolute atomic E-state index is 5.26. The van der Waals surface area contributed by atoms with Crippen LogP contribution in [-0.2, 0) is 6.54 Å². The van der Waals surface area contributed by atoms with E-state index in [9.17, 15) is 0 Å². The highest BCUT2D eigenvalue weighted by Crippen LogP contribution is 2.12. The number of furan rings is 1. The molecule has 0 radical (unpaired) electrons. The third-order valence-electron chi connectivity index (χ3n) is 2.86. The Morgan fingerprint density at radius 3 is 2.70 bits per heavy atom. The molecule has 0 saturated heterocycles. The topological polar surface area (TPSA) is 67.1 Å². The van der Waals surface area contributed by atoms with Crippen LogP contribution in [0.5, 0.6) is 0 Å². The zero-order chi connectivity index (χ0) is 14.2. The van der Waals surface area contributed by atoms with Crippen LogP contribution in [0, 0.1) is 0 Å². The van der Waals surface area contributed by atoms with Gasteiger partial charge in [0.25, 0.3) is 0 Å². The van der Waals surface area contributed by atoms with Crippen molar-refractivity contribution in [2.45, 2.75) is 33.2 Å². The van der Waals surface area contributed by atoms with E-state index in [1.807, 2.05) is 12.1 Å². The molecule has 0 fully saturated rings. The highest BCUT2D eigenvalue weighted by Gasteiger charge is 2.08. The lowest BCUT2D eigenvalue weighted by Crippen LogP contribution is -2.26. The molecular formula is C14H21N5O. The van der Waals surface area contributed by atoms with Crippen LogP contribution >= 0.6 is 0 Å². The minimum atomic E-state index is 0.524. The molecule has 0 bridgehead atoms. The second-order valence-electron chi connectivity index (χ2n) is 4.56. The predicted molar refractivity (Wildman–Crippen MR) is 78.7 cm³/mol. The van der Waals surface area contributed by atoms with Crippen LogP contribution in [-0.4, -0.2) is 28.3 Å². The van der Waals surface area contributed by atoms with Crippen molar-refractivity contribution in [1.29, 1.82) is 0 Å². The van der Waals surface area contributed by atoms with Gasteiger partial charge >= 0.3 is 0 Å². The molecule has 1 N–H and O–H groups in total. The van der Waals surface area contributed by atoms with Crippen molar-refractivity contribution in [3.63, 3.8) is 0 Å². The molecule has 0 saturated carbocycles. The van der Waals surface area contributed by atoms with Gasteiger partial charge in [-0.2, -0.15) is 10.1 Å². The third-order valence-corrected chi connectivity index (χ3v) is 2.86. The Bertz CT molecular complexity index is 494. The van der Waals surface area contributed by atoms with Gasteiger partial charge in [0.05, 0.1) is 19.0 Å². The van der Waals surface area contributed by atoms with E-state index in [4.69, 9.17) is 4.42 Å². The number of nitrogens with one attached hydrogen (secondary N) is 1. The van der Waals surface area contributed by atoms with E-state index >= 15 is 0 Å². The SMILES string of the molecule is CCCN(CCC)c1cnnc(NCc2ccco2)n1. The largest absolute Gasteiger partial charge is 0.467 e. The van der Waals surface area contributed by atoms with Gasteiger partial charge in [-0.3, -0.25) is 0 Å². The Kier molecular flexibility index (Phi) is 5.34. The van der Waals surface area contributed by atoms with Crippen LogP contribution in [0.1, 0.15) is 32.4 Å². The van der Waals surface area contributed by atoms with Crippen molar-refractivity contribution in [1.82, 2.24) is 15.2 Å². The number of hydrogen-bond donors (Lipinski definition) is 1. The van der Waals surface area contributed by atoms with Gasteiger partial charge in [0.1, 0.15) is 5.76 Å². The highest BCUT2D eigenvalue weighted by molar-refractivity contribution is 5.40. The van der Waals surface area contributed by atoms with Crippen molar-refractivity contribution in [3.05, 3.63) is 30.4 Å². The Labute approximate surface area is 119 Å². The number of hydrogen-bond acceptors (Lipinski definition) is 6. The fraction of sp³-hybridized carbons (Fsp3) is 0.500. The molecule has 2 aromatic heterocycles. The summed E-state index contributed by atoms with van der Waals surface area (Å²) in [5.41, 5.74) is 0. The molecule has 0 amide bonds. The Morgan fingerprint density at radius 1 is 1.25 bits per heavy atom. The Morgan fingerprint density at radius 2 is 2.05 bits per heavy atom. The molecule has 0 atom stereocenters. The molecule has 0 aliphatic rings. The summed E-state index contributed by atoms with van der Waals surface area (Å²) in [5.74, 6) is 2.24. The summed E-state index contributed by atoms with van der Waals surface area (Å²) in [4.78, 5) is 6.74. The highest BCUT2D eigenvalue weighted by atomic mass is 16.3. The number of anilines is 2. The second-order valence-corrected chi connectivity index (χ2v) is 4.56. The van der Waals surface area contributed by atoms with Crippen molar-refractivity contribution in [2.24, 2.45) is 0 Å². The van der Waals surface area contributed by atoms with Crippen LogP contribution in [0.15, 0.2) is 29.0 Å². The van der Waals surface area contributed by atoms with Crippen molar-refractivity contribution in [3.8, 4) is 0 Å². The minimum Gasteiger partial charge on any atom is -0.467 e. The summed E-state index contributed by atoms with van der Waals surface area (Å²) in [5, 5.41) is 11.1. The van der Waals surface area contributed by atoms with Gasteiger partial charge in [-0.15, -0.1) is 5.10 Å². The zero-order valence-corrected chi connectivity index (χ0v) is 12.0. The normalized spacial score (nSPS) is 10.5. The molecule has 0 unspecified atom stereocenters. The van der Waals surface area contributed by atoms with Crippen LogP contribution in [0.3, 0.4) is 0 Å². The van der Waals surface area contributed by atoms with E-state index in [-0.39, 0.29) is 0 Å². The van der Waals surface area contributed by atoms with E-state index in [2.05, 4.69) is 39.2 Å². The summed E-state index contributed by atoms with van der Waals surface area (Å²) in [6.45, 7) is 6.83. The monoisotopic (exact) mass is 275 g/mol. The summed E-state index contributed by atoms with van der Waals surface area (Å²) < 4.78 is 5.26. The van der Waals surface area contributed by atoms with Gasteiger partial charge in [-0.1, -0.05) is 13.8 Å². The van der Waals surface area contributed by atoms with Gasteiger partial charge < -0.3 is 14.6 Å². The van der Waals surface area contributed by atoms with Crippen molar-refractivity contribution in [2.75, 3.05) is 23.3 Å². The fourth-order valence-corrected chi connectivity index (χ4v) is 1.98. The molecule has 108 valence electrons. The standard InChI is InChI=1S/C14H21N5O/c1-3-7-19(8-4-2)13-11-16-18-14(17-13)15-10-12-6-5-9-20-12/h5-6,9,11H,3-4,7-8,10H2,1-2H3,(H,15,17,18). The molecule has 0 spiro atoms. The first-order valence-electron chi connectivity index (χ1n) is 7.04. The molecule has 20 heavy (non-hydrogen) atoms. The van der Waals surface area contributed by atoms with E-state index in [1.165, 1.54) is 0 Å². The molecule has 2 aromatic rings. The smallest absolute Gasteiger partial charge is 0.245 e. The Balaban J connectivity index is 2.02. The maximum atomic E-state index is 5.26. The molecule has 0 aliphatic carbocycles. The number of aromatic nitrogens is 3. The molecule has 2 rings (SSSR count). The van der Waals surface area contributed by atoms with Crippen LogP contribution in [0.25, 0.3) is 0 Å². The quantitative estimate of drug-likeness (QED) is 0.799. The third kappa shape index (κ3) is 3.94. The molecule has 6 nitrogen and oxygen atoms in total.